The van der Waals surface area contributed by atoms with Crippen LogP contribution in [0.3, 0.4) is 0 Å². The Morgan fingerprint density at radius 2 is 1.95 bits per heavy atom. The first-order valence-corrected chi connectivity index (χ1v) is 5.06. The number of esters is 2. The molecule has 0 radical (unpaired) electrons. The number of hydrogen-bond donors (Lipinski definition) is 0. The lowest BCUT2D eigenvalue weighted by molar-refractivity contribution is -0.385. The highest BCUT2D eigenvalue weighted by Gasteiger charge is 2.19. The van der Waals surface area contributed by atoms with E-state index >= 15 is 0 Å². The number of rotatable bonds is 5. The van der Waals surface area contributed by atoms with Crippen molar-refractivity contribution in [3.63, 3.8) is 0 Å². The van der Waals surface area contributed by atoms with Gasteiger partial charge in [-0.05, 0) is 6.07 Å². The Morgan fingerprint density at radius 3 is 2.47 bits per heavy atom. The maximum absolute atomic E-state index is 11.3. The van der Waals surface area contributed by atoms with E-state index in [1.807, 2.05) is 0 Å². The summed E-state index contributed by atoms with van der Waals surface area (Å²) < 4.78 is 13.8. The van der Waals surface area contributed by atoms with Crippen molar-refractivity contribution < 1.29 is 28.7 Å². The number of nitro benzene ring substituents is 1. The van der Waals surface area contributed by atoms with Gasteiger partial charge in [0, 0.05) is 12.1 Å². The maximum atomic E-state index is 11.3. The van der Waals surface area contributed by atoms with Gasteiger partial charge in [0.1, 0.15) is 0 Å². The van der Waals surface area contributed by atoms with E-state index in [1.54, 1.807) is 0 Å². The van der Waals surface area contributed by atoms with Gasteiger partial charge < -0.3 is 14.2 Å². The summed E-state index contributed by atoms with van der Waals surface area (Å²) in [4.78, 5) is 32.3. The van der Waals surface area contributed by atoms with E-state index in [1.165, 1.54) is 13.2 Å². The van der Waals surface area contributed by atoms with Crippen molar-refractivity contribution >= 4 is 17.6 Å². The van der Waals surface area contributed by atoms with Crippen molar-refractivity contribution in [3.8, 4) is 5.75 Å². The Labute approximate surface area is 108 Å². The number of ether oxygens (including phenoxy) is 3. The second-order valence-electron chi connectivity index (χ2n) is 3.30. The van der Waals surface area contributed by atoms with Crippen molar-refractivity contribution in [1.82, 2.24) is 0 Å². The molecule has 19 heavy (non-hydrogen) atoms. The predicted octanol–water partition coefficient (Wildman–Crippen LogP) is 0.933. The summed E-state index contributed by atoms with van der Waals surface area (Å²) >= 11 is 0. The minimum absolute atomic E-state index is 0.0768. The van der Waals surface area contributed by atoms with Crippen molar-refractivity contribution in [1.29, 1.82) is 0 Å². The first kappa shape index (κ1) is 14.4. The molecule has 1 aromatic rings. The van der Waals surface area contributed by atoms with Crippen LogP contribution in [0.15, 0.2) is 18.2 Å². The second kappa shape index (κ2) is 6.34. The zero-order valence-corrected chi connectivity index (χ0v) is 10.2. The van der Waals surface area contributed by atoms with Crippen LogP contribution in [0.1, 0.15) is 10.4 Å². The quantitative estimate of drug-likeness (QED) is 0.444. The molecule has 0 saturated heterocycles. The van der Waals surface area contributed by atoms with Crippen molar-refractivity contribution in [3.05, 3.63) is 33.9 Å². The Hall–Kier alpha value is -2.64. The van der Waals surface area contributed by atoms with E-state index in [-0.39, 0.29) is 17.0 Å². The molecule has 0 unspecified atom stereocenters. The Bertz CT molecular complexity index is 512. The van der Waals surface area contributed by atoms with Gasteiger partial charge in [-0.3, -0.25) is 10.1 Å². The Morgan fingerprint density at radius 1 is 1.26 bits per heavy atom. The maximum Gasteiger partial charge on any atom is 0.343 e. The second-order valence-corrected chi connectivity index (χ2v) is 3.30. The minimum atomic E-state index is -0.697. The van der Waals surface area contributed by atoms with Gasteiger partial charge in [-0.15, -0.1) is 0 Å². The van der Waals surface area contributed by atoms with Crippen LogP contribution in [-0.2, 0) is 14.3 Å². The van der Waals surface area contributed by atoms with Gasteiger partial charge in [-0.1, -0.05) is 0 Å². The molecule has 0 saturated carbocycles. The van der Waals surface area contributed by atoms with Gasteiger partial charge in [0.2, 0.25) is 0 Å². The fourth-order valence-corrected chi connectivity index (χ4v) is 1.22. The molecule has 0 atom stereocenters. The van der Waals surface area contributed by atoms with Crippen LogP contribution in [0, 0.1) is 10.1 Å². The monoisotopic (exact) mass is 269 g/mol. The van der Waals surface area contributed by atoms with Crippen LogP contribution in [0.2, 0.25) is 0 Å². The molecule has 1 rings (SSSR count). The first-order chi connectivity index (χ1) is 8.99. The van der Waals surface area contributed by atoms with Gasteiger partial charge in [0.05, 0.1) is 24.7 Å². The fraction of sp³-hybridized carbons (Fsp3) is 0.273. The number of methoxy groups -OCH3 is 2. The molecule has 0 aliphatic heterocycles. The molecule has 0 amide bonds. The lowest BCUT2D eigenvalue weighted by atomic mass is 10.2. The number of nitrogens with zero attached hydrogens (tertiary/aromatic N) is 1. The van der Waals surface area contributed by atoms with Gasteiger partial charge in [0.15, 0.2) is 12.4 Å². The van der Waals surface area contributed by atoms with Gasteiger partial charge in [-0.25, -0.2) is 9.59 Å². The molecular weight excluding hydrogens is 258 g/mol. The molecule has 0 bridgehead atoms. The number of nitro groups is 1. The smallest absolute Gasteiger partial charge is 0.343 e. The van der Waals surface area contributed by atoms with Gasteiger partial charge in [-0.2, -0.15) is 0 Å². The normalized spacial score (nSPS) is 9.58. The van der Waals surface area contributed by atoms with Crippen LogP contribution in [-0.4, -0.2) is 37.7 Å². The average Bonchev–Trinajstić information content (AvgIpc) is 2.43. The highest BCUT2D eigenvalue weighted by molar-refractivity contribution is 5.90. The highest BCUT2D eigenvalue weighted by Crippen LogP contribution is 2.28. The molecular formula is C11H11NO7. The number of carbonyl (C=O) groups excluding carboxylic acids is 2. The summed E-state index contributed by atoms with van der Waals surface area (Å²) in [5.74, 6) is -1.58. The van der Waals surface area contributed by atoms with E-state index in [0.29, 0.717) is 0 Å². The Kier molecular flexibility index (Phi) is 4.81. The van der Waals surface area contributed by atoms with E-state index in [4.69, 9.17) is 4.74 Å². The molecule has 1 aromatic carbocycles. The lowest BCUT2D eigenvalue weighted by Gasteiger charge is -2.07. The summed E-state index contributed by atoms with van der Waals surface area (Å²) in [6.07, 6.45) is 0. The molecule has 8 nitrogen and oxygen atoms in total. The molecule has 102 valence electrons. The fourth-order valence-electron chi connectivity index (χ4n) is 1.22. The van der Waals surface area contributed by atoms with E-state index in [9.17, 15) is 19.7 Å². The standard InChI is InChI=1S/C11H11NO7/c1-17-10(13)6-19-9-5-7(11(14)18-2)3-4-8(9)12(15)16/h3-5H,6H2,1-2H3. The molecule has 0 N–H and O–H groups in total. The van der Waals surface area contributed by atoms with Crippen LogP contribution in [0.5, 0.6) is 5.75 Å². The third-order valence-corrected chi connectivity index (χ3v) is 2.15. The minimum Gasteiger partial charge on any atom is -0.475 e. The topological polar surface area (TPSA) is 105 Å². The van der Waals surface area contributed by atoms with Gasteiger partial charge in [0.25, 0.3) is 0 Å². The molecule has 0 aliphatic carbocycles. The zero-order chi connectivity index (χ0) is 14.4. The van der Waals surface area contributed by atoms with Crippen LogP contribution < -0.4 is 4.74 Å². The first-order valence-electron chi connectivity index (χ1n) is 5.06. The molecule has 8 heteroatoms. The summed E-state index contributed by atoms with van der Waals surface area (Å²) in [6, 6.07) is 3.46. The molecule has 0 aliphatic rings. The van der Waals surface area contributed by atoms with Crippen molar-refractivity contribution in [2.24, 2.45) is 0 Å². The summed E-state index contributed by atoms with van der Waals surface area (Å²) in [6.45, 7) is -0.498. The predicted molar refractivity (Wildman–Crippen MR) is 61.9 cm³/mol. The summed E-state index contributed by atoms with van der Waals surface area (Å²) in [7, 11) is 2.34. The zero-order valence-electron chi connectivity index (χ0n) is 10.2. The third-order valence-electron chi connectivity index (χ3n) is 2.15. The number of carbonyl (C=O) groups is 2. The van der Waals surface area contributed by atoms with Gasteiger partial charge >= 0.3 is 17.6 Å². The van der Waals surface area contributed by atoms with Crippen molar-refractivity contribution in [2.75, 3.05) is 20.8 Å². The number of hydrogen-bond acceptors (Lipinski definition) is 7. The van der Waals surface area contributed by atoms with E-state index < -0.39 is 23.5 Å². The Balaban J connectivity index is 3.05. The molecule has 0 spiro atoms. The van der Waals surface area contributed by atoms with Crippen LogP contribution in [0.25, 0.3) is 0 Å². The van der Waals surface area contributed by atoms with Crippen LogP contribution >= 0.6 is 0 Å². The summed E-state index contributed by atoms with van der Waals surface area (Å²) in [5.41, 5.74) is -0.287. The summed E-state index contributed by atoms with van der Waals surface area (Å²) in [5, 5.41) is 10.8. The van der Waals surface area contributed by atoms with E-state index in [2.05, 4.69) is 9.47 Å². The lowest BCUT2D eigenvalue weighted by Crippen LogP contribution is -2.13. The van der Waals surface area contributed by atoms with E-state index in [0.717, 1.165) is 19.2 Å². The average molecular weight is 269 g/mol. The number of benzene rings is 1. The SMILES string of the molecule is COC(=O)COc1cc(C(=O)OC)ccc1[N+](=O)[O-]. The van der Waals surface area contributed by atoms with Crippen LogP contribution in [0.4, 0.5) is 5.69 Å². The highest BCUT2D eigenvalue weighted by atomic mass is 16.6. The third kappa shape index (κ3) is 3.66. The molecule has 0 fully saturated rings. The molecule has 0 heterocycles. The molecule has 0 aromatic heterocycles. The van der Waals surface area contributed by atoms with Crippen molar-refractivity contribution in [2.45, 2.75) is 0 Å². The largest absolute Gasteiger partial charge is 0.475 e.